The minimum absolute atomic E-state index is 0.223. The Hall–Kier alpha value is -2.35. The zero-order valence-corrected chi connectivity index (χ0v) is 14.1. The van der Waals surface area contributed by atoms with Gasteiger partial charge in [-0.1, -0.05) is 0 Å². The molecular formula is C15H21N5O2S. The first kappa shape index (κ1) is 17.0. The molecule has 0 saturated heterocycles. The first-order valence-electron chi connectivity index (χ1n) is 7.36. The van der Waals surface area contributed by atoms with Crippen LogP contribution in [0.5, 0.6) is 0 Å². The number of hydrogen-bond acceptors (Lipinski definition) is 5. The second kappa shape index (κ2) is 8.94. The first-order chi connectivity index (χ1) is 11.2. The van der Waals surface area contributed by atoms with Gasteiger partial charge in [0.15, 0.2) is 11.7 Å². The van der Waals surface area contributed by atoms with Gasteiger partial charge in [-0.2, -0.15) is 0 Å². The summed E-state index contributed by atoms with van der Waals surface area (Å²) in [6.07, 6.45) is 4.21. The third kappa shape index (κ3) is 5.74. The highest BCUT2D eigenvalue weighted by atomic mass is 32.1. The van der Waals surface area contributed by atoms with Crippen molar-refractivity contribution in [2.75, 3.05) is 26.7 Å². The smallest absolute Gasteiger partial charge is 0.287 e. The van der Waals surface area contributed by atoms with E-state index in [1.54, 1.807) is 30.5 Å². The molecule has 0 aliphatic rings. The zero-order chi connectivity index (χ0) is 16.5. The topological polar surface area (TPSA) is 91.5 Å². The Morgan fingerprint density at radius 2 is 2.09 bits per heavy atom. The van der Waals surface area contributed by atoms with Crippen LogP contribution < -0.4 is 16.0 Å². The van der Waals surface area contributed by atoms with Gasteiger partial charge in [-0.25, -0.2) is 4.98 Å². The summed E-state index contributed by atoms with van der Waals surface area (Å²) in [5, 5.41) is 10.2. The predicted octanol–water partition coefficient (Wildman–Crippen LogP) is 1.18. The SMILES string of the molecule is CN=C(NCCNC(=O)c1ccco1)NCCc1ncc(C)s1. The molecule has 0 aromatic carbocycles. The van der Waals surface area contributed by atoms with Gasteiger partial charge in [0.05, 0.1) is 11.3 Å². The molecule has 23 heavy (non-hydrogen) atoms. The molecule has 124 valence electrons. The lowest BCUT2D eigenvalue weighted by Crippen LogP contribution is -2.42. The lowest BCUT2D eigenvalue weighted by molar-refractivity contribution is 0.0926. The number of amides is 1. The number of furan rings is 1. The number of aromatic nitrogens is 1. The number of aliphatic imine (C=N–C) groups is 1. The lowest BCUT2D eigenvalue weighted by Gasteiger charge is -2.11. The van der Waals surface area contributed by atoms with E-state index in [1.165, 1.54) is 11.1 Å². The fourth-order valence-electron chi connectivity index (χ4n) is 1.88. The van der Waals surface area contributed by atoms with E-state index >= 15 is 0 Å². The maximum absolute atomic E-state index is 11.7. The van der Waals surface area contributed by atoms with E-state index in [-0.39, 0.29) is 5.91 Å². The van der Waals surface area contributed by atoms with Crippen molar-refractivity contribution in [2.24, 2.45) is 4.99 Å². The lowest BCUT2D eigenvalue weighted by atomic mass is 10.4. The third-order valence-electron chi connectivity index (χ3n) is 2.97. The third-order valence-corrected chi connectivity index (χ3v) is 3.94. The molecule has 2 aromatic rings. The Kier molecular flexibility index (Phi) is 6.61. The van der Waals surface area contributed by atoms with Gasteiger partial charge in [-0.15, -0.1) is 11.3 Å². The fourth-order valence-corrected chi connectivity index (χ4v) is 2.66. The number of nitrogens with one attached hydrogen (secondary N) is 3. The fraction of sp³-hybridized carbons (Fsp3) is 0.400. The molecule has 0 fully saturated rings. The van der Waals surface area contributed by atoms with E-state index in [2.05, 4.69) is 25.9 Å². The molecule has 0 radical (unpaired) electrons. The molecule has 2 aromatic heterocycles. The molecule has 1 amide bonds. The average molecular weight is 335 g/mol. The normalized spacial score (nSPS) is 11.3. The number of guanidine groups is 1. The van der Waals surface area contributed by atoms with Crippen LogP contribution in [0.1, 0.15) is 20.4 Å². The van der Waals surface area contributed by atoms with Crippen LogP contribution in [0, 0.1) is 6.92 Å². The highest BCUT2D eigenvalue weighted by Gasteiger charge is 2.07. The standard InChI is InChI=1S/C15H21N5O2S/c1-11-10-20-13(23-11)5-6-18-15(16-2)19-8-7-17-14(21)12-4-3-9-22-12/h3-4,9-10H,5-8H2,1-2H3,(H,17,21)(H2,16,18,19). The van der Waals surface area contributed by atoms with E-state index < -0.39 is 0 Å². The number of aryl methyl sites for hydroxylation is 1. The maximum Gasteiger partial charge on any atom is 0.287 e. The van der Waals surface area contributed by atoms with Crippen molar-refractivity contribution in [3.05, 3.63) is 40.2 Å². The first-order valence-corrected chi connectivity index (χ1v) is 8.18. The zero-order valence-electron chi connectivity index (χ0n) is 13.3. The molecular weight excluding hydrogens is 314 g/mol. The molecule has 0 aliphatic heterocycles. The quantitative estimate of drug-likeness (QED) is 0.401. The summed E-state index contributed by atoms with van der Waals surface area (Å²) in [6.45, 7) is 3.85. The van der Waals surface area contributed by atoms with Crippen molar-refractivity contribution in [1.29, 1.82) is 0 Å². The molecule has 2 rings (SSSR count). The summed E-state index contributed by atoms with van der Waals surface area (Å²) in [7, 11) is 1.71. The Labute approximate surface area is 139 Å². The maximum atomic E-state index is 11.7. The molecule has 2 heterocycles. The van der Waals surface area contributed by atoms with Crippen LogP contribution >= 0.6 is 11.3 Å². The van der Waals surface area contributed by atoms with Gasteiger partial charge < -0.3 is 20.4 Å². The van der Waals surface area contributed by atoms with E-state index in [9.17, 15) is 4.79 Å². The van der Waals surface area contributed by atoms with Crippen LogP contribution in [0.4, 0.5) is 0 Å². The summed E-state index contributed by atoms with van der Waals surface area (Å²) in [5.41, 5.74) is 0. The van der Waals surface area contributed by atoms with Crippen LogP contribution in [0.15, 0.2) is 34.0 Å². The highest BCUT2D eigenvalue weighted by molar-refractivity contribution is 7.11. The van der Waals surface area contributed by atoms with Gasteiger partial charge in [0.2, 0.25) is 0 Å². The predicted molar refractivity (Wildman–Crippen MR) is 91.0 cm³/mol. The molecule has 0 saturated carbocycles. The van der Waals surface area contributed by atoms with Gasteiger partial charge in [0.25, 0.3) is 5.91 Å². The van der Waals surface area contributed by atoms with Gasteiger partial charge in [-0.3, -0.25) is 9.79 Å². The molecule has 8 heteroatoms. The van der Waals surface area contributed by atoms with E-state index in [0.29, 0.717) is 24.8 Å². The number of thiazole rings is 1. The summed E-state index contributed by atoms with van der Waals surface area (Å²) < 4.78 is 5.02. The Balaban J connectivity index is 1.60. The monoisotopic (exact) mass is 335 g/mol. The number of rotatable bonds is 7. The van der Waals surface area contributed by atoms with E-state index in [4.69, 9.17) is 4.42 Å². The van der Waals surface area contributed by atoms with Crippen molar-refractivity contribution >= 4 is 23.2 Å². The number of carbonyl (C=O) groups is 1. The molecule has 0 atom stereocenters. The molecule has 7 nitrogen and oxygen atoms in total. The summed E-state index contributed by atoms with van der Waals surface area (Å²) in [5.74, 6) is 0.788. The molecule has 3 N–H and O–H groups in total. The second-order valence-corrected chi connectivity index (χ2v) is 6.09. The summed E-state index contributed by atoms with van der Waals surface area (Å²) >= 11 is 1.70. The van der Waals surface area contributed by atoms with Gasteiger partial charge in [0.1, 0.15) is 0 Å². The van der Waals surface area contributed by atoms with Crippen molar-refractivity contribution in [3.63, 3.8) is 0 Å². The largest absolute Gasteiger partial charge is 0.459 e. The average Bonchev–Trinajstić information content (AvgIpc) is 3.21. The van der Waals surface area contributed by atoms with Gasteiger partial charge in [0, 0.05) is 44.2 Å². The van der Waals surface area contributed by atoms with Crippen LogP contribution in [-0.2, 0) is 6.42 Å². The molecule has 0 bridgehead atoms. The Morgan fingerprint density at radius 3 is 2.74 bits per heavy atom. The van der Waals surface area contributed by atoms with E-state index in [1.807, 2.05) is 13.1 Å². The van der Waals surface area contributed by atoms with Crippen LogP contribution in [-0.4, -0.2) is 43.5 Å². The van der Waals surface area contributed by atoms with Crippen molar-refractivity contribution in [2.45, 2.75) is 13.3 Å². The Morgan fingerprint density at radius 1 is 1.30 bits per heavy atom. The molecule has 0 spiro atoms. The van der Waals surface area contributed by atoms with Crippen molar-refractivity contribution in [3.8, 4) is 0 Å². The minimum Gasteiger partial charge on any atom is -0.459 e. The molecule has 0 unspecified atom stereocenters. The number of carbonyl (C=O) groups excluding carboxylic acids is 1. The Bertz CT molecular complexity index is 636. The highest BCUT2D eigenvalue weighted by Crippen LogP contribution is 2.10. The van der Waals surface area contributed by atoms with Crippen molar-refractivity contribution in [1.82, 2.24) is 20.9 Å². The number of nitrogens with zero attached hydrogens (tertiary/aromatic N) is 2. The van der Waals surface area contributed by atoms with Crippen LogP contribution in [0.3, 0.4) is 0 Å². The molecule has 0 aliphatic carbocycles. The van der Waals surface area contributed by atoms with Crippen molar-refractivity contribution < 1.29 is 9.21 Å². The van der Waals surface area contributed by atoms with E-state index in [0.717, 1.165) is 18.0 Å². The summed E-state index contributed by atoms with van der Waals surface area (Å²) in [6, 6.07) is 3.31. The number of hydrogen-bond donors (Lipinski definition) is 3. The second-order valence-electron chi connectivity index (χ2n) is 4.77. The van der Waals surface area contributed by atoms with Gasteiger partial charge >= 0.3 is 0 Å². The minimum atomic E-state index is -0.223. The van der Waals surface area contributed by atoms with Crippen LogP contribution in [0.25, 0.3) is 0 Å². The summed E-state index contributed by atoms with van der Waals surface area (Å²) in [4.78, 5) is 21.3. The van der Waals surface area contributed by atoms with Crippen LogP contribution in [0.2, 0.25) is 0 Å². The van der Waals surface area contributed by atoms with Gasteiger partial charge in [-0.05, 0) is 19.1 Å².